The van der Waals surface area contributed by atoms with E-state index in [1.165, 1.54) is 89.9 Å². The van der Waals surface area contributed by atoms with Crippen LogP contribution in [0, 0.1) is 20.2 Å². The van der Waals surface area contributed by atoms with E-state index in [9.17, 15) is 57.4 Å². The number of nitro groups is 2. The number of ether oxygens (including phenoxy) is 3. The summed E-state index contributed by atoms with van der Waals surface area (Å²) < 4.78 is 63.7. The zero-order chi connectivity index (χ0) is 64.4. The number of carbonyl (C=O) groups excluding carboxylic acids is 1. The van der Waals surface area contributed by atoms with Crippen molar-refractivity contribution in [1.82, 2.24) is 28.7 Å². The van der Waals surface area contributed by atoms with E-state index in [1.54, 1.807) is 116 Å². The van der Waals surface area contributed by atoms with Crippen molar-refractivity contribution in [3.05, 3.63) is 273 Å². The zero-order valence-corrected chi connectivity index (χ0v) is 47.9. The normalized spacial score (nSPS) is 10.9. The first-order chi connectivity index (χ1) is 43.2. The molecule has 0 radical (unpaired) electrons. The Hall–Kier alpha value is -12.1. The number of nitrogens with zero attached hydrogens (tertiary/aromatic N) is 8. The summed E-state index contributed by atoms with van der Waals surface area (Å²) >= 11 is 5.64. The summed E-state index contributed by atoms with van der Waals surface area (Å²) in [5.74, 6) is 0.433. The fourth-order valence-electron chi connectivity index (χ4n) is 9.42. The van der Waals surface area contributed by atoms with Crippen LogP contribution in [0.5, 0.6) is 17.6 Å². The number of methoxy groups -OCH3 is 3. The Morgan fingerprint density at radius 1 is 0.567 bits per heavy atom. The first kappa shape index (κ1) is 62.5. The van der Waals surface area contributed by atoms with E-state index in [4.69, 9.17) is 31.5 Å². The van der Waals surface area contributed by atoms with E-state index in [0.29, 0.717) is 67.1 Å². The number of aromatic nitrogens is 6. The van der Waals surface area contributed by atoms with Crippen LogP contribution in [0.25, 0.3) is 60.2 Å². The number of fused-ring (bicyclic) bond motifs is 4. The van der Waals surface area contributed by atoms with E-state index in [1.807, 2.05) is 6.07 Å². The highest BCUT2D eigenvalue weighted by atomic mass is 35.5. The average molecular weight is 1240 g/mol. The summed E-state index contributed by atoms with van der Waals surface area (Å²) in [6, 6.07) is 38.9. The van der Waals surface area contributed by atoms with Gasteiger partial charge in [0, 0.05) is 82.2 Å². The molecular weight excluding hydrogens is 1200 g/mol. The lowest BCUT2D eigenvalue weighted by atomic mass is 10.1. The molecule has 7 heterocycles. The van der Waals surface area contributed by atoms with Gasteiger partial charge in [-0.3, -0.25) is 53.1 Å². The number of rotatable bonds is 11. The number of nitrogens with two attached hydrogens (primary N) is 1. The summed E-state index contributed by atoms with van der Waals surface area (Å²) in [4.78, 5) is 95.0. The van der Waals surface area contributed by atoms with Gasteiger partial charge in [-0.15, -0.1) is 0 Å². The molecule has 0 fully saturated rings. The molecule has 0 aliphatic rings. The topological polar surface area (TPSA) is 304 Å². The Bertz CT molecular complexity index is 5000. The molecule has 0 aliphatic heterocycles. The number of halogens is 4. The van der Waals surface area contributed by atoms with Crippen molar-refractivity contribution in [2.75, 3.05) is 32.4 Å². The van der Waals surface area contributed by atoms with Crippen molar-refractivity contribution >= 4 is 83.3 Å². The van der Waals surface area contributed by atoms with Gasteiger partial charge in [-0.1, -0.05) is 41.9 Å². The lowest BCUT2D eigenvalue weighted by Crippen LogP contribution is -2.20. The van der Waals surface area contributed by atoms with Gasteiger partial charge in [0.15, 0.2) is 0 Å². The van der Waals surface area contributed by atoms with Crippen LogP contribution in [-0.2, 0) is 17.4 Å². The Morgan fingerprint density at radius 3 is 1.49 bits per heavy atom. The summed E-state index contributed by atoms with van der Waals surface area (Å²) in [5, 5.41) is 27.1. The minimum atomic E-state index is -4.63. The third-order valence-electron chi connectivity index (χ3n) is 13.5. The van der Waals surface area contributed by atoms with Crippen molar-refractivity contribution in [3.63, 3.8) is 0 Å². The van der Waals surface area contributed by atoms with Gasteiger partial charge >= 0.3 is 11.8 Å². The first-order valence-electron chi connectivity index (χ1n) is 26.4. The highest BCUT2D eigenvalue weighted by molar-refractivity contribution is 6.31. The Kier molecular flexibility index (Phi) is 18.8. The van der Waals surface area contributed by atoms with Gasteiger partial charge in [0.1, 0.15) is 17.1 Å². The smallest absolute Gasteiger partial charge is 0.417 e. The number of non-ortho nitro benzene ring substituents is 2. The van der Waals surface area contributed by atoms with Gasteiger partial charge in [0.25, 0.3) is 28.1 Å². The molecular formula is C63H46ClF3N10O13. The van der Waals surface area contributed by atoms with Gasteiger partial charge in [-0.25, -0.2) is 19.7 Å². The van der Waals surface area contributed by atoms with Crippen molar-refractivity contribution in [2.24, 2.45) is 0 Å². The monoisotopic (exact) mass is 1240 g/mol. The van der Waals surface area contributed by atoms with Crippen LogP contribution in [0.1, 0.15) is 11.1 Å². The first-order valence-corrected chi connectivity index (χ1v) is 26.7. The predicted molar refractivity (Wildman–Crippen MR) is 331 cm³/mol. The maximum atomic E-state index is 13.1. The molecule has 0 saturated heterocycles. The van der Waals surface area contributed by atoms with Gasteiger partial charge < -0.3 is 29.7 Å². The molecule has 7 aromatic heterocycles. The molecule has 0 spiro atoms. The number of amides is 1. The molecule has 0 unspecified atom stereocenters. The Morgan fingerprint density at radius 2 is 1.00 bits per heavy atom. The fraction of sp³-hybridized carbons (Fsp3) is 0.0794. The number of nitrogens with one attached hydrogen (secondary N) is 1. The van der Waals surface area contributed by atoms with Crippen LogP contribution in [0.2, 0.25) is 5.02 Å². The van der Waals surface area contributed by atoms with Gasteiger partial charge in [0.05, 0.1) is 76.0 Å². The molecule has 0 aliphatic carbocycles. The minimum Gasteiger partial charge on any atom is -0.480 e. The number of nitro benzene ring substituents is 2. The van der Waals surface area contributed by atoms with Crippen molar-refractivity contribution in [3.8, 4) is 34.7 Å². The summed E-state index contributed by atoms with van der Waals surface area (Å²) in [6.45, 7) is 0. The van der Waals surface area contributed by atoms with Gasteiger partial charge in [0.2, 0.25) is 23.5 Å². The molecule has 27 heteroatoms. The van der Waals surface area contributed by atoms with Crippen molar-refractivity contribution in [1.29, 1.82) is 0 Å². The van der Waals surface area contributed by atoms with E-state index in [0.717, 1.165) is 23.8 Å². The molecule has 5 aromatic carbocycles. The number of hydrogen-bond acceptors (Lipinski definition) is 17. The molecule has 3 N–H and O–H groups in total. The molecule has 12 rings (SSSR count). The second kappa shape index (κ2) is 27.1. The lowest BCUT2D eigenvalue weighted by molar-refractivity contribution is -0.383. The quantitative estimate of drug-likeness (QED) is 0.0690. The average Bonchev–Trinajstić information content (AvgIpc) is 0.935. The number of hydrogen-bond donors (Lipinski definition) is 2. The van der Waals surface area contributed by atoms with E-state index < -0.39 is 38.1 Å². The zero-order valence-electron chi connectivity index (χ0n) is 47.2. The summed E-state index contributed by atoms with van der Waals surface area (Å²) in [5.41, 5.74) is 5.89. The third kappa shape index (κ3) is 13.3. The lowest BCUT2D eigenvalue weighted by Gasteiger charge is -2.13. The second-order valence-corrected chi connectivity index (χ2v) is 19.3. The highest BCUT2D eigenvalue weighted by Crippen LogP contribution is 2.36. The van der Waals surface area contributed by atoms with Crippen LogP contribution in [-0.4, -0.2) is 65.7 Å². The van der Waals surface area contributed by atoms with Crippen LogP contribution in [0.3, 0.4) is 0 Å². The maximum absolute atomic E-state index is 13.1. The standard InChI is InChI=1S/C24H17ClF3N3O3.C15H11N3O4.C15H13N3O2.C9H5NO4/c1-34-22-20(6-3-10-29-22)31-11-9-15-16(23(31)33)4-2-5-19(15)30-21(32)13-14-7-8-18(25)17(12-14)24(26,27)28;1-22-14-13(6-3-8-16-14)17-9-7-10-11(15(17)19)4-2-5-12(10)18(20)21;1-20-14-13(6-3-8-17-14)18-9-7-10-11(15(18)19)4-2-5-12(10)16;11-9-7-2-1-3-8(10(12)13)6(7)4-5-14-9/h2-12H,13H2,1H3,(H,30,32);2-9H,1H3;2-9H,16H2,1H3;1-5H. The SMILES string of the molecule is COc1ncccc1-n1ccc2c(N)cccc2c1=O.COc1ncccc1-n1ccc2c(NC(=O)Cc3ccc(Cl)c(C(F)(F)F)c3)cccc2c1=O.COc1ncccc1-n1ccc2c([N+](=O)[O-])cccc2c1=O.O=c1occc2c([N+](=O)[O-])cccc12. The number of pyridine rings is 6. The van der Waals surface area contributed by atoms with Crippen LogP contribution in [0.15, 0.2) is 219 Å². The number of anilines is 2. The predicted octanol–water partition coefficient (Wildman–Crippen LogP) is 11.2. The molecule has 0 bridgehead atoms. The molecule has 1 amide bonds. The Balaban J connectivity index is 0.000000149. The third-order valence-corrected chi connectivity index (χ3v) is 13.9. The largest absolute Gasteiger partial charge is 0.480 e. The number of benzene rings is 5. The van der Waals surface area contributed by atoms with Crippen molar-refractivity contribution < 1.29 is 46.4 Å². The fourth-order valence-corrected chi connectivity index (χ4v) is 9.64. The Labute approximate surface area is 509 Å². The summed E-state index contributed by atoms with van der Waals surface area (Å²) in [7, 11) is 4.43. The molecule has 90 heavy (non-hydrogen) atoms. The van der Waals surface area contributed by atoms with E-state index in [2.05, 4.69) is 24.7 Å². The molecule has 23 nitrogen and oxygen atoms in total. The minimum absolute atomic E-state index is 0.0876. The highest BCUT2D eigenvalue weighted by Gasteiger charge is 2.33. The maximum Gasteiger partial charge on any atom is 0.417 e. The van der Waals surface area contributed by atoms with Crippen molar-refractivity contribution in [2.45, 2.75) is 12.6 Å². The second-order valence-electron chi connectivity index (χ2n) is 18.9. The molecule has 454 valence electrons. The number of carbonyl (C=O) groups is 1. The van der Waals surface area contributed by atoms with Gasteiger partial charge in [-0.05, 0) is 115 Å². The van der Waals surface area contributed by atoms with Crippen LogP contribution < -0.4 is 47.6 Å². The van der Waals surface area contributed by atoms with Crippen LogP contribution >= 0.6 is 11.6 Å². The van der Waals surface area contributed by atoms with E-state index in [-0.39, 0.29) is 56.7 Å². The number of nitrogen functional groups attached to an aromatic ring is 1. The van der Waals surface area contributed by atoms with Gasteiger partial charge in [-0.2, -0.15) is 13.2 Å². The van der Waals surface area contributed by atoms with E-state index >= 15 is 0 Å². The number of alkyl halides is 3. The molecule has 12 aromatic rings. The summed E-state index contributed by atoms with van der Waals surface area (Å²) in [6.07, 6.45) is 5.63. The molecule has 0 atom stereocenters. The van der Waals surface area contributed by atoms with Crippen LogP contribution in [0.4, 0.5) is 35.9 Å². The molecule has 0 saturated carbocycles.